The summed E-state index contributed by atoms with van der Waals surface area (Å²) >= 11 is 0. The maximum absolute atomic E-state index is 15.2. The highest BCUT2D eigenvalue weighted by molar-refractivity contribution is 7.89. The highest BCUT2D eigenvalue weighted by atomic mass is 32.2. The molecule has 3 amide bonds. The Hall–Kier alpha value is -3.53. The molecule has 2 aromatic rings. The van der Waals surface area contributed by atoms with Crippen molar-refractivity contribution in [1.29, 1.82) is 0 Å². The first-order chi connectivity index (χ1) is 17.8. The number of sulfonamides is 1. The molecular weight excluding hydrogens is 541 g/mol. The van der Waals surface area contributed by atoms with Crippen molar-refractivity contribution in [1.82, 2.24) is 19.5 Å². The predicted octanol–water partition coefficient (Wildman–Crippen LogP) is 1.83. The number of anilines is 1. The van der Waals surface area contributed by atoms with Crippen molar-refractivity contribution in [3.63, 3.8) is 0 Å². The number of amides is 3. The molecule has 1 aliphatic rings. The Kier molecular flexibility index (Phi) is 9.09. The van der Waals surface area contributed by atoms with Crippen LogP contribution in [0.5, 0.6) is 0 Å². The molecule has 0 atom stereocenters. The van der Waals surface area contributed by atoms with Gasteiger partial charge >= 0.3 is 11.8 Å². The molecule has 0 unspecified atom stereocenters. The molecule has 1 saturated heterocycles. The van der Waals surface area contributed by atoms with Crippen molar-refractivity contribution < 1.29 is 44.8 Å². The van der Waals surface area contributed by atoms with E-state index >= 15 is 4.39 Å². The van der Waals surface area contributed by atoms with Gasteiger partial charge in [0, 0.05) is 43.6 Å². The number of hydrogen-bond donors (Lipinski definition) is 3. The lowest BCUT2D eigenvalue weighted by atomic mass is 10.1. The molecular formula is C22H24F5N5O5S. The van der Waals surface area contributed by atoms with Crippen LogP contribution in [-0.4, -0.2) is 67.7 Å². The minimum atomic E-state index is -4.67. The second-order valence-corrected chi connectivity index (χ2v) is 10.0. The summed E-state index contributed by atoms with van der Waals surface area (Å²) in [5.74, 6) is -7.13. The van der Waals surface area contributed by atoms with E-state index in [1.165, 1.54) is 4.90 Å². The Morgan fingerprint density at radius 3 is 2.32 bits per heavy atom. The lowest BCUT2D eigenvalue weighted by Crippen LogP contribution is -2.50. The molecule has 1 fully saturated rings. The third kappa shape index (κ3) is 6.66. The predicted molar refractivity (Wildman–Crippen MR) is 123 cm³/mol. The normalized spacial score (nSPS) is 14.6. The molecule has 0 aliphatic carbocycles. The zero-order valence-corrected chi connectivity index (χ0v) is 20.8. The molecule has 2 heterocycles. The Bertz CT molecular complexity index is 1330. The molecule has 3 N–H and O–H groups in total. The number of carbonyl (C=O) groups is 3. The van der Waals surface area contributed by atoms with E-state index < -0.39 is 74.8 Å². The number of halogens is 5. The van der Waals surface area contributed by atoms with Crippen LogP contribution in [0.25, 0.3) is 0 Å². The zero-order valence-electron chi connectivity index (χ0n) is 19.9. The number of carbonyl (C=O) groups excluding carboxylic acids is 3. The van der Waals surface area contributed by atoms with Gasteiger partial charge < -0.3 is 20.1 Å². The lowest BCUT2D eigenvalue weighted by molar-refractivity contribution is -0.146. The van der Waals surface area contributed by atoms with Crippen LogP contribution in [-0.2, 0) is 26.2 Å². The van der Waals surface area contributed by atoms with Gasteiger partial charge in [-0.1, -0.05) is 0 Å². The molecule has 38 heavy (non-hydrogen) atoms. The summed E-state index contributed by atoms with van der Waals surface area (Å²) < 4.78 is 96.6. The van der Waals surface area contributed by atoms with Crippen LogP contribution < -0.4 is 15.4 Å². The van der Waals surface area contributed by atoms with Crippen molar-refractivity contribution in [2.45, 2.75) is 43.7 Å². The monoisotopic (exact) mass is 565 g/mol. The SMILES string of the molecule is CCNC(=O)C(=O)N1CCC(NS(=O)(=O)c2cn(CC(F)F)c(C(=O)Nc3ccc(F)c(F)c3)c2F)CC1. The minimum Gasteiger partial charge on any atom is -0.348 e. The van der Waals surface area contributed by atoms with Crippen LogP contribution >= 0.6 is 0 Å². The van der Waals surface area contributed by atoms with Crippen LogP contribution in [0.3, 0.4) is 0 Å². The standard InChI is InChI=1S/C22H24F5N5O5S/c1-2-28-21(34)22(35)31-7-5-12(6-8-31)30-38(36,37)16-10-32(11-17(25)26)19(18(16)27)20(33)29-13-3-4-14(23)15(24)9-13/h3-4,9-10,12,17,30H,2,5-8,11H2,1H3,(H,28,34)(H,29,33). The van der Waals surface area contributed by atoms with Gasteiger partial charge in [-0.3, -0.25) is 14.4 Å². The average molecular weight is 566 g/mol. The van der Waals surface area contributed by atoms with Gasteiger partial charge in [0.15, 0.2) is 17.5 Å². The second-order valence-electron chi connectivity index (χ2n) is 8.33. The van der Waals surface area contributed by atoms with E-state index in [2.05, 4.69) is 10.0 Å². The fourth-order valence-corrected chi connectivity index (χ4v) is 5.24. The fourth-order valence-electron chi connectivity index (χ4n) is 3.84. The summed E-state index contributed by atoms with van der Waals surface area (Å²) in [4.78, 5) is 36.6. The number of aromatic nitrogens is 1. The first-order valence-electron chi connectivity index (χ1n) is 11.4. The smallest absolute Gasteiger partial charge is 0.311 e. The zero-order chi connectivity index (χ0) is 28.2. The number of piperidine rings is 1. The van der Waals surface area contributed by atoms with Crippen LogP contribution in [0.1, 0.15) is 30.3 Å². The van der Waals surface area contributed by atoms with E-state index in [-0.39, 0.29) is 38.2 Å². The molecule has 3 rings (SSSR count). The highest BCUT2D eigenvalue weighted by Crippen LogP contribution is 2.25. The van der Waals surface area contributed by atoms with Crippen LogP contribution in [0.4, 0.5) is 27.6 Å². The number of nitrogens with zero attached hydrogens (tertiary/aromatic N) is 2. The molecule has 16 heteroatoms. The van der Waals surface area contributed by atoms with E-state index in [4.69, 9.17) is 0 Å². The number of likely N-dealkylation sites (N-methyl/N-ethyl adjacent to an activating group) is 1. The number of nitrogens with one attached hydrogen (secondary N) is 3. The summed E-state index contributed by atoms with van der Waals surface area (Å²) in [6.45, 7) is 0.711. The van der Waals surface area contributed by atoms with Gasteiger partial charge in [-0.15, -0.1) is 0 Å². The van der Waals surface area contributed by atoms with Gasteiger partial charge in [0.05, 0.1) is 6.54 Å². The molecule has 1 aromatic carbocycles. The molecule has 0 radical (unpaired) electrons. The van der Waals surface area contributed by atoms with E-state index in [1.54, 1.807) is 6.92 Å². The van der Waals surface area contributed by atoms with Gasteiger partial charge in [-0.25, -0.2) is 35.1 Å². The molecule has 0 saturated carbocycles. The number of benzene rings is 1. The second kappa shape index (κ2) is 11.9. The topological polar surface area (TPSA) is 130 Å². The first-order valence-corrected chi connectivity index (χ1v) is 12.8. The van der Waals surface area contributed by atoms with Crippen molar-refractivity contribution >= 4 is 33.4 Å². The van der Waals surface area contributed by atoms with Gasteiger partial charge in [-0.05, 0) is 31.9 Å². The van der Waals surface area contributed by atoms with Crippen molar-refractivity contribution in [3.8, 4) is 0 Å². The molecule has 0 bridgehead atoms. The summed E-state index contributed by atoms with van der Waals surface area (Å²) in [6.07, 6.45) is -2.40. The molecule has 1 aromatic heterocycles. The van der Waals surface area contributed by atoms with Crippen LogP contribution in [0.15, 0.2) is 29.3 Å². The number of alkyl halides is 2. The number of likely N-dealkylation sites (tertiary alicyclic amines) is 1. The summed E-state index contributed by atoms with van der Waals surface area (Å²) in [7, 11) is -4.67. The van der Waals surface area contributed by atoms with Crippen LogP contribution in [0.2, 0.25) is 0 Å². The maximum atomic E-state index is 15.2. The maximum Gasteiger partial charge on any atom is 0.311 e. The lowest BCUT2D eigenvalue weighted by Gasteiger charge is -2.31. The Balaban J connectivity index is 1.79. The van der Waals surface area contributed by atoms with Crippen molar-refractivity contribution in [2.75, 3.05) is 25.0 Å². The fraction of sp³-hybridized carbons (Fsp3) is 0.409. The summed E-state index contributed by atoms with van der Waals surface area (Å²) in [5.41, 5.74) is -1.38. The minimum absolute atomic E-state index is 0.0277. The summed E-state index contributed by atoms with van der Waals surface area (Å²) in [6, 6.07) is 1.41. The van der Waals surface area contributed by atoms with E-state index in [1.807, 2.05) is 5.32 Å². The first kappa shape index (κ1) is 29.0. The third-order valence-electron chi connectivity index (χ3n) is 5.64. The largest absolute Gasteiger partial charge is 0.348 e. The van der Waals surface area contributed by atoms with Crippen molar-refractivity contribution in [2.24, 2.45) is 0 Å². The van der Waals surface area contributed by atoms with E-state index in [0.29, 0.717) is 22.9 Å². The molecule has 208 valence electrons. The molecule has 10 nitrogen and oxygen atoms in total. The average Bonchev–Trinajstić information content (AvgIpc) is 3.17. The third-order valence-corrected chi connectivity index (χ3v) is 7.14. The summed E-state index contributed by atoms with van der Waals surface area (Å²) in [5, 5.41) is 4.39. The van der Waals surface area contributed by atoms with Gasteiger partial charge in [0.2, 0.25) is 10.0 Å². The van der Waals surface area contributed by atoms with Crippen LogP contribution in [0, 0.1) is 17.5 Å². The van der Waals surface area contributed by atoms with Gasteiger partial charge in [0.25, 0.3) is 12.3 Å². The molecule has 1 aliphatic heterocycles. The Morgan fingerprint density at radius 1 is 1.08 bits per heavy atom. The number of rotatable bonds is 8. The van der Waals surface area contributed by atoms with E-state index in [0.717, 1.165) is 6.07 Å². The van der Waals surface area contributed by atoms with Gasteiger partial charge in [-0.2, -0.15) is 0 Å². The quantitative estimate of drug-likeness (QED) is 0.332. The van der Waals surface area contributed by atoms with Crippen molar-refractivity contribution in [3.05, 3.63) is 47.5 Å². The Labute approximate surface area is 214 Å². The molecule has 0 spiro atoms. The number of hydrogen-bond acceptors (Lipinski definition) is 5. The highest BCUT2D eigenvalue weighted by Gasteiger charge is 2.34. The van der Waals surface area contributed by atoms with Gasteiger partial charge in [0.1, 0.15) is 10.6 Å². The van der Waals surface area contributed by atoms with E-state index in [9.17, 15) is 40.4 Å². The Morgan fingerprint density at radius 2 is 1.74 bits per heavy atom.